The molecule has 3 rings (SSSR count). The minimum atomic E-state index is 0. The molecule has 2 bridgehead atoms. The second kappa shape index (κ2) is 6.53. The van der Waals surface area contributed by atoms with E-state index in [0.717, 1.165) is 12.6 Å². The van der Waals surface area contributed by atoms with Crippen LogP contribution in [0.5, 0.6) is 5.75 Å². The van der Waals surface area contributed by atoms with Crippen LogP contribution >= 0.6 is 17.0 Å². The van der Waals surface area contributed by atoms with Gasteiger partial charge in [0.2, 0.25) is 0 Å². The number of piperidine rings is 1. The summed E-state index contributed by atoms with van der Waals surface area (Å²) in [6.07, 6.45) is 7.40. The van der Waals surface area contributed by atoms with E-state index < -0.39 is 0 Å². The Bertz CT molecular complexity index is 524. The van der Waals surface area contributed by atoms with Crippen molar-refractivity contribution in [3.8, 4) is 5.75 Å². The summed E-state index contributed by atoms with van der Waals surface area (Å²) in [4.78, 5) is 2.64. The van der Waals surface area contributed by atoms with Crippen molar-refractivity contribution in [3.05, 3.63) is 41.5 Å². The lowest BCUT2D eigenvalue weighted by atomic mass is 9.74. The van der Waals surface area contributed by atoms with Crippen LogP contribution in [-0.4, -0.2) is 29.1 Å². The highest BCUT2D eigenvalue weighted by molar-refractivity contribution is 8.93. The molecule has 1 aliphatic heterocycles. The van der Waals surface area contributed by atoms with Gasteiger partial charge in [-0.25, -0.2) is 0 Å². The Morgan fingerprint density at radius 3 is 2.90 bits per heavy atom. The highest BCUT2D eigenvalue weighted by atomic mass is 79.9. The van der Waals surface area contributed by atoms with Gasteiger partial charge in [0, 0.05) is 12.6 Å². The van der Waals surface area contributed by atoms with Crippen LogP contribution in [0.25, 0.3) is 0 Å². The third-order valence-corrected chi connectivity index (χ3v) is 5.17. The molecule has 2 atom stereocenters. The summed E-state index contributed by atoms with van der Waals surface area (Å²) in [6, 6.07) is 8.67. The lowest BCUT2D eigenvalue weighted by molar-refractivity contribution is 0.156. The molecule has 1 heterocycles. The minimum absolute atomic E-state index is 0. The molecular formula is C18H26BrNO. The summed E-state index contributed by atoms with van der Waals surface area (Å²) in [5.41, 5.74) is 3.08. The van der Waals surface area contributed by atoms with E-state index in [2.05, 4.69) is 30.9 Å². The summed E-state index contributed by atoms with van der Waals surface area (Å²) in [6.45, 7) is 6.64. The van der Waals surface area contributed by atoms with E-state index in [1.165, 1.54) is 43.4 Å². The molecule has 2 nitrogen and oxygen atoms in total. The van der Waals surface area contributed by atoms with Crippen LogP contribution in [0.1, 0.15) is 45.1 Å². The standard InChI is InChI=1S/C18H25NO.BrH/c1-14(2)7-10-19-11-9-18(8-6-16(19)13-18)15-4-3-5-17(20)12-15;/h3-5,7,12,16,20H,6,8-11,13H2,1-2H3;1H. The fourth-order valence-electron chi connectivity index (χ4n) is 3.96. The summed E-state index contributed by atoms with van der Waals surface area (Å²) >= 11 is 0. The summed E-state index contributed by atoms with van der Waals surface area (Å²) in [7, 11) is 0. The van der Waals surface area contributed by atoms with Crippen molar-refractivity contribution in [2.45, 2.75) is 51.0 Å². The molecule has 2 aliphatic rings. The lowest BCUT2D eigenvalue weighted by Crippen LogP contribution is -2.43. The van der Waals surface area contributed by atoms with E-state index in [9.17, 15) is 5.11 Å². The van der Waals surface area contributed by atoms with Gasteiger partial charge in [-0.05, 0) is 69.2 Å². The number of hydrogen-bond donors (Lipinski definition) is 1. The zero-order valence-electron chi connectivity index (χ0n) is 13.0. The maximum Gasteiger partial charge on any atom is 0.115 e. The Morgan fingerprint density at radius 2 is 2.19 bits per heavy atom. The van der Waals surface area contributed by atoms with Gasteiger partial charge in [0.05, 0.1) is 0 Å². The van der Waals surface area contributed by atoms with Gasteiger partial charge >= 0.3 is 0 Å². The maximum absolute atomic E-state index is 9.75. The number of phenols is 1. The summed E-state index contributed by atoms with van der Waals surface area (Å²) in [5, 5.41) is 9.75. The molecule has 1 aliphatic carbocycles. The number of halogens is 1. The number of rotatable bonds is 3. The molecule has 0 aromatic heterocycles. The number of nitrogens with zero attached hydrogens (tertiary/aromatic N) is 1. The van der Waals surface area contributed by atoms with E-state index in [-0.39, 0.29) is 17.0 Å². The monoisotopic (exact) mass is 351 g/mol. The molecule has 116 valence electrons. The average molecular weight is 352 g/mol. The van der Waals surface area contributed by atoms with Crippen molar-refractivity contribution in [1.82, 2.24) is 4.90 Å². The van der Waals surface area contributed by atoms with Crippen LogP contribution in [-0.2, 0) is 5.41 Å². The average Bonchev–Trinajstić information content (AvgIpc) is 2.77. The fraction of sp³-hybridized carbons (Fsp3) is 0.556. The molecule has 3 heteroatoms. The number of fused-ring (bicyclic) bond motifs is 2. The molecule has 2 unspecified atom stereocenters. The molecule has 1 aromatic carbocycles. The third kappa shape index (κ3) is 3.35. The van der Waals surface area contributed by atoms with Crippen LogP contribution in [0.2, 0.25) is 0 Å². The lowest BCUT2D eigenvalue weighted by Gasteiger charge is -2.40. The number of benzene rings is 1. The van der Waals surface area contributed by atoms with Crippen LogP contribution in [0.3, 0.4) is 0 Å². The molecule has 0 spiro atoms. The van der Waals surface area contributed by atoms with E-state index >= 15 is 0 Å². The number of aromatic hydroxyl groups is 1. The van der Waals surface area contributed by atoms with Gasteiger partial charge in [0.1, 0.15) is 5.75 Å². The highest BCUT2D eigenvalue weighted by Crippen LogP contribution is 2.49. The molecule has 0 amide bonds. The van der Waals surface area contributed by atoms with Crippen LogP contribution in [0, 0.1) is 0 Å². The van der Waals surface area contributed by atoms with Crippen molar-refractivity contribution in [1.29, 1.82) is 0 Å². The molecule has 1 N–H and O–H groups in total. The predicted octanol–water partition coefficient (Wildman–Crippen LogP) is 4.43. The van der Waals surface area contributed by atoms with Gasteiger partial charge in [0.25, 0.3) is 0 Å². The molecular weight excluding hydrogens is 326 g/mol. The second-order valence-corrected chi connectivity index (χ2v) is 6.75. The topological polar surface area (TPSA) is 23.5 Å². The van der Waals surface area contributed by atoms with Crippen LogP contribution in [0.15, 0.2) is 35.9 Å². The first-order chi connectivity index (χ1) is 9.59. The normalized spacial score (nSPS) is 28.0. The summed E-state index contributed by atoms with van der Waals surface area (Å²) in [5.74, 6) is 0.410. The highest BCUT2D eigenvalue weighted by Gasteiger charge is 2.45. The van der Waals surface area contributed by atoms with E-state index in [0.29, 0.717) is 11.2 Å². The third-order valence-electron chi connectivity index (χ3n) is 5.17. The number of allylic oxidation sites excluding steroid dienone is 1. The zero-order chi connectivity index (χ0) is 14.2. The van der Waals surface area contributed by atoms with Gasteiger partial charge in [-0.15, -0.1) is 17.0 Å². The number of hydrogen-bond acceptors (Lipinski definition) is 2. The summed E-state index contributed by atoms with van der Waals surface area (Å²) < 4.78 is 0. The SMILES string of the molecule is Br.CC(C)=CCN1CCC2(c3cccc(O)c3)CCC1C2. The Balaban J connectivity index is 0.00000161. The van der Waals surface area contributed by atoms with E-state index in [4.69, 9.17) is 0 Å². The second-order valence-electron chi connectivity index (χ2n) is 6.75. The fourth-order valence-corrected chi connectivity index (χ4v) is 3.96. The Hall–Kier alpha value is -0.800. The largest absolute Gasteiger partial charge is 0.508 e. The first-order valence-electron chi connectivity index (χ1n) is 7.76. The van der Waals surface area contributed by atoms with Crippen molar-refractivity contribution < 1.29 is 5.11 Å². The Labute approximate surface area is 138 Å². The predicted molar refractivity (Wildman–Crippen MR) is 93.4 cm³/mol. The zero-order valence-corrected chi connectivity index (χ0v) is 14.7. The van der Waals surface area contributed by atoms with Gasteiger partial charge in [0.15, 0.2) is 0 Å². The molecule has 0 radical (unpaired) electrons. The Kier molecular flexibility index (Phi) is 5.15. The van der Waals surface area contributed by atoms with Crippen LogP contribution < -0.4 is 0 Å². The van der Waals surface area contributed by atoms with E-state index in [1.807, 2.05) is 12.1 Å². The molecule has 21 heavy (non-hydrogen) atoms. The molecule has 1 saturated heterocycles. The molecule has 1 aromatic rings. The first-order valence-corrected chi connectivity index (χ1v) is 7.76. The van der Waals surface area contributed by atoms with Crippen molar-refractivity contribution in [3.63, 3.8) is 0 Å². The van der Waals surface area contributed by atoms with Crippen molar-refractivity contribution in [2.24, 2.45) is 0 Å². The van der Waals surface area contributed by atoms with Crippen LogP contribution in [0.4, 0.5) is 0 Å². The van der Waals surface area contributed by atoms with Gasteiger partial charge in [-0.2, -0.15) is 0 Å². The molecule has 1 saturated carbocycles. The smallest absolute Gasteiger partial charge is 0.115 e. The first kappa shape index (κ1) is 16.6. The maximum atomic E-state index is 9.75. The van der Waals surface area contributed by atoms with Crippen molar-refractivity contribution in [2.75, 3.05) is 13.1 Å². The number of phenolic OH excluding ortho intramolecular Hbond substituents is 1. The molecule has 2 fully saturated rings. The van der Waals surface area contributed by atoms with Gasteiger partial charge < -0.3 is 5.11 Å². The van der Waals surface area contributed by atoms with Crippen molar-refractivity contribution >= 4 is 17.0 Å². The number of likely N-dealkylation sites (tertiary alicyclic amines) is 1. The van der Waals surface area contributed by atoms with Gasteiger partial charge in [-0.3, -0.25) is 4.90 Å². The quantitative estimate of drug-likeness (QED) is 0.814. The van der Waals surface area contributed by atoms with Gasteiger partial charge in [-0.1, -0.05) is 23.8 Å². The van der Waals surface area contributed by atoms with E-state index in [1.54, 1.807) is 6.07 Å². The Morgan fingerprint density at radius 1 is 1.38 bits per heavy atom. The minimum Gasteiger partial charge on any atom is -0.508 e.